The number of nitrogens with zero attached hydrogens (tertiary/aromatic N) is 2. The first-order valence-corrected chi connectivity index (χ1v) is 7.66. The number of aliphatic hydroxyl groups excluding tert-OH is 1. The Kier molecular flexibility index (Phi) is 3.94. The van der Waals surface area contributed by atoms with Gasteiger partial charge in [0.2, 0.25) is 0 Å². The molecule has 2 atom stereocenters. The summed E-state index contributed by atoms with van der Waals surface area (Å²) in [4.78, 5) is 6.77. The van der Waals surface area contributed by atoms with Gasteiger partial charge in [0, 0.05) is 19.3 Å². The molecule has 3 rings (SSSR count). The van der Waals surface area contributed by atoms with Gasteiger partial charge >= 0.3 is 0 Å². The van der Waals surface area contributed by atoms with Crippen LogP contribution in [0.1, 0.15) is 37.7 Å². The van der Waals surface area contributed by atoms with Crippen LogP contribution in [0, 0.1) is 11.8 Å². The number of aromatic nitrogens is 1. The van der Waals surface area contributed by atoms with E-state index in [9.17, 15) is 0 Å². The summed E-state index contributed by atoms with van der Waals surface area (Å²) in [6.07, 6.45) is 8.54. The maximum Gasteiger partial charge on any atom is 0.147 e. The molecule has 1 aliphatic carbocycles. The van der Waals surface area contributed by atoms with Crippen molar-refractivity contribution in [3.05, 3.63) is 22.8 Å². The van der Waals surface area contributed by atoms with E-state index in [-0.39, 0.29) is 6.61 Å². The number of aliphatic hydroxyl groups is 1. The SMILES string of the molecule is OCc1cnc(N2CCC3CCCCC3C2)c(Cl)c1. The summed E-state index contributed by atoms with van der Waals surface area (Å²) in [6, 6.07) is 1.83. The summed E-state index contributed by atoms with van der Waals surface area (Å²) in [5, 5.41) is 9.77. The largest absolute Gasteiger partial charge is 0.392 e. The molecule has 3 nitrogen and oxygen atoms in total. The van der Waals surface area contributed by atoms with Crippen molar-refractivity contribution in [3.8, 4) is 0 Å². The van der Waals surface area contributed by atoms with Crippen LogP contribution in [0.5, 0.6) is 0 Å². The molecule has 19 heavy (non-hydrogen) atoms. The first-order chi connectivity index (χ1) is 9.28. The number of piperidine rings is 1. The molecule has 1 N–H and O–H groups in total. The van der Waals surface area contributed by atoms with Gasteiger partial charge in [0.25, 0.3) is 0 Å². The van der Waals surface area contributed by atoms with Gasteiger partial charge in [-0.1, -0.05) is 30.9 Å². The van der Waals surface area contributed by atoms with Crippen LogP contribution in [-0.2, 0) is 6.61 Å². The maximum atomic E-state index is 9.11. The minimum Gasteiger partial charge on any atom is -0.392 e. The highest BCUT2D eigenvalue weighted by atomic mass is 35.5. The quantitative estimate of drug-likeness (QED) is 0.903. The fourth-order valence-electron chi connectivity index (χ4n) is 3.58. The minimum atomic E-state index is -0.00228. The van der Waals surface area contributed by atoms with Gasteiger partial charge in [-0.2, -0.15) is 0 Å². The molecule has 0 radical (unpaired) electrons. The molecule has 0 amide bonds. The van der Waals surface area contributed by atoms with Crippen LogP contribution in [0.4, 0.5) is 5.82 Å². The van der Waals surface area contributed by atoms with E-state index in [0.717, 1.165) is 36.3 Å². The predicted octanol–water partition coefficient (Wildman–Crippen LogP) is 3.24. The number of hydrogen-bond acceptors (Lipinski definition) is 3. The Morgan fingerprint density at radius 1 is 1.26 bits per heavy atom. The zero-order valence-electron chi connectivity index (χ0n) is 11.2. The lowest BCUT2D eigenvalue weighted by Gasteiger charge is -2.42. The van der Waals surface area contributed by atoms with Gasteiger partial charge in [-0.05, 0) is 36.3 Å². The highest BCUT2D eigenvalue weighted by Gasteiger charge is 2.32. The highest BCUT2D eigenvalue weighted by molar-refractivity contribution is 6.33. The molecular weight excluding hydrogens is 260 g/mol. The Balaban J connectivity index is 1.75. The average Bonchev–Trinajstić information content (AvgIpc) is 2.46. The molecular formula is C15H21ClN2O. The Morgan fingerprint density at radius 3 is 2.79 bits per heavy atom. The van der Waals surface area contributed by atoms with Gasteiger partial charge in [-0.3, -0.25) is 0 Å². The smallest absolute Gasteiger partial charge is 0.147 e. The van der Waals surface area contributed by atoms with Crippen molar-refractivity contribution in [2.75, 3.05) is 18.0 Å². The van der Waals surface area contributed by atoms with Gasteiger partial charge in [0.05, 0.1) is 11.6 Å². The Hall–Kier alpha value is -0.800. The summed E-state index contributed by atoms with van der Waals surface area (Å²) >= 11 is 6.30. The number of anilines is 1. The summed E-state index contributed by atoms with van der Waals surface area (Å²) in [7, 11) is 0. The number of hydrogen-bond donors (Lipinski definition) is 1. The monoisotopic (exact) mass is 280 g/mol. The number of halogens is 1. The van der Waals surface area contributed by atoms with Gasteiger partial charge in [0.15, 0.2) is 0 Å². The fourth-order valence-corrected chi connectivity index (χ4v) is 3.89. The van der Waals surface area contributed by atoms with E-state index in [2.05, 4.69) is 9.88 Å². The molecule has 0 bridgehead atoms. The summed E-state index contributed by atoms with van der Waals surface area (Å²) in [5.41, 5.74) is 0.779. The van der Waals surface area contributed by atoms with Gasteiger partial charge < -0.3 is 10.0 Å². The molecule has 0 spiro atoms. The second kappa shape index (κ2) is 5.68. The second-order valence-electron chi connectivity index (χ2n) is 5.85. The van der Waals surface area contributed by atoms with Crippen molar-refractivity contribution in [1.82, 2.24) is 4.98 Å². The lowest BCUT2D eigenvalue weighted by Crippen LogP contribution is -2.42. The first-order valence-electron chi connectivity index (χ1n) is 7.28. The van der Waals surface area contributed by atoms with Crippen molar-refractivity contribution in [2.45, 2.75) is 38.7 Å². The molecule has 104 valence electrons. The third-order valence-corrected chi connectivity index (χ3v) is 4.93. The number of pyridine rings is 1. The Bertz CT molecular complexity index is 452. The molecule has 1 aliphatic heterocycles. The van der Waals surface area contributed by atoms with Gasteiger partial charge in [-0.15, -0.1) is 0 Å². The number of rotatable bonds is 2. The molecule has 4 heteroatoms. The van der Waals surface area contributed by atoms with E-state index in [1.54, 1.807) is 6.20 Å². The standard InChI is InChI=1S/C15H21ClN2O/c16-14-7-11(10-19)8-17-15(14)18-6-5-12-3-1-2-4-13(12)9-18/h7-8,12-13,19H,1-6,9-10H2. The summed E-state index contributed by atoms with van der Waals surface area (Å²) < 4.78 is 0. The molecule has 2 fully saturated rings. The number of fused-ring (bicyclic) bond motifs is 1. The van der Waals surface area contributed by atoms with E-state index in [1.165, 1.54) is 32.1 Å². The molecule has 2 aliphatic rings. The molecule has 1 saturated carbocycles. The van der Waals surface area contributed by atoms with Crippen molar-refractivity contribution in [3.63, 3.8) is 0 Å². The Morgan fingerprint density at radius 2 is 2.05 bits per heavy atom. The third-order valence-electron chi connectivity index (χ3n) is 4.65. The predicted molar refractivity (Wildman–Crippen MR) is 77.4 cm³/mol. The van der Waals surface area contributed by atoms with Gasteiger partial charge in [0.1, 0.15) is 5.82 Å². The lowest BCUT2D eigenvalue weighted by atomic mass is 9.75. The van der Waals surface area contributed by atoms with E-state index in [4.69, 9.17) is 16.7 Å². The van der Waals surface area contributed by atoms with Crippen molar-refractivity contribution in [1.29, 1.82) is 0 Å². The van der Waals surface area contributed by atoms with Crippen molar-refractivity contribution < 1.29 is 5.11 Å². The van der Waals surface area contributed by atoms with Crippen molar-refractivity contribution >= 4 is 17.4 Å². The second-order valence-corrected chi connectivity index (χ2v) is 6.25. The first kappa shape index (κ1) is 13.2. The zero-order chi connectivity index (χ0) is 13.2. The summed E-state index contributed by atoms with van der Waals surface area (Å²) in [6.45, 7) is 2.15. The molecule has 1 saturated heterocycles. The third kappa shape index (κ3) is 2.72. The summed E-state index contributed by atoms with van der Waals surface area (Å²) in [5.74, 6) is 2.63. The minimum absolute atomic E-state index is 0.00228. The molecule has 2 unspecified atom stereocenters. The van der Waals surface area contributed by atoms with Crippen LogP contribution >= 0.6 is 11.6 Å². The van der Waals surface area contributed by atoms with E-state index < -0.39 is 0 Å². The Labute approximate surface area is 119 Å². The zero-order valence-corrected chi connectivity index (χ0v) is 11.9. The average molecular weight is 281 g/mol. The molecule has 0 aromatic carbocycles. The molecule has 2 heterocycles. The fraction of sp³-hybridized carbons (Fsp3) is 0.667. The highest BCUT2D eigenvalue weighted by Crippen LogP contribution is 2.38. The van der Waals surface area contributed by atoms with Crippen LogP contribution in [0.2, 0.25) is 5.02 Å². The normalized spacial score (nSPS) is 27.2. The van der Waals surface area contributed by atoms with Crippen LogP contribution < -0.4 is 4.90 Å². The molecule has 1 aromatic heterocycles. The van der Waals surface area contributed by atoms with E-state index in [1.807, 2.05) is 6.07 Å². The van der Waals surface area contributed by atoms with Crippen LogP contribution in [-0.4, -0.2) is 23.2 Å². The molecule has 1 aromatic rings. The maximum absolute atomic E-state index is 9.11. The topological polar surface area (TPSA) is 36.4 Å². The lowest BCUT2D eigenvalue weighted by molar-refractivity contribution is 0.202. The van der Waals surface area contributed by atoms with E-state index >= 15 is 0 Å². The van der Waals surface area contributed by atoms with E-state index in [0.29, 0.717) is 5.02 Å². The van der Waals surface area contributed by atoms with Gasteiger partial charge in [-0.25, -0.2) is 4.98 Å². The van der Waals surface area contributed by atoms with Crippen LogP contribution in [0.15, 0.2) is 12.3 Å². The van der Waals surface area contributed by atoms with Crippen LogP contribution in [0.25, 0.3) is 0 Å². The van der Waals surface area contributed by atoms with Crippen molar-refractivity contribution in [2.24, 2.45) is 11.8 Å². The van der Waals surface area contributed by atoms with Crippen LogP contribution in [0.3, 0.4) is 0 Å².